The Bertz CT molecular complexity index is 1020. The number of carbonyl (C=O) groups excluding carboxylic acids is 1. The van der Waals surface area contributed by atoms with Gasteiger partial charge in [0.25, 0.3) is 0 Å². The molecule has 2 aliphatic heterocycles. The van der Waals surface area contributed by atoms with Gasteiger partial charge in [0, 0.05) is 30.6 Å². The van der Waals surface area contributed by atoms with Crippen LogP contribution in [0.3, 0.4) is 0 Å². The summed E-state index contributed by atoms with van der Waals surface area (Å²) >= 11 is 0. The third-order valence-corrected chi connectivity index (χ3v) is 7.25. The molecule has 3 heterocycles. The van der Waals surface area contributed by atoms with Gasteiger partial charge in [0.2, 0.25) is 0 Å². The molecule has 3 unspecified atom stereocenters. The van der Waals surface area contributed by atoms with Crippen LogP contribution >= 0.6 is 0 Å². The Morgan fingerprint density at radius 1 is 1.17 bits per heavy atom. The number of aromatic nitrogens is 3. The number of aryl methyl sites for hydroxylation is 1. The molecule has 0 aliphatic carbocycles. The van der Waals surface area contributed by atoms with Crippen LogP contribution in [0.15, 0.2) is 24.3 Å². The SMILES string of the molecule is Cc1nnc(C(C)C)n1C1CC2CCC(C1)N2CCC(NC(=O)OC(C)(C)C)c1cccc(F)c1. The molecule has 4 rings (SSSR count). The maximum Gasteiger partial charge on any atom is 0.408 e. The maximum atomic E-state index is 14.0. The molecule has 0 spiro atoms. The third kappa shape index (κ3) is 6.02. The molecule has 192 valence electrons. The normalized spacial score (nSPS) is 23.5. The number of amides is 1. The lowest BCUT2D eigenvalue weighted by molar-refractivity contribution is 0.0488. The zero-order chi connectivity index (χ0) is 25.3. The smallest absolute Gasteiger partial charge is 0.408 e. The number of ether oxygens (including phenoxy) is 1. The molecule has 2 bridgehead atoms. The molecule has 7 nitrogen and oxygen atoms in total. The predicted molar refractivity (Wildman–Crippen MR) is 134 cm³/mol. The Balaban J connectivity index is 1.45. The molecule has 35 heavy (non-hydrogen) atoms. The van der Waals surface area contributed by atoms with Crippen LogP contribution < -0.4 is 5.32 Å². The number of rotatable bonds is 7. The monoisotopic (exact) mass is 485 g/mol. The van der Waals surface area contributed by atoms with Crippen molar-refractivity contribution in [3.05, 3.63) is 47.3 Å². The summed E-state index contributed by atoms with van der Waals surface area (Å²) in [6.45, 7) is 12.8. The Hall–Kier alpha value is -2.48. The van der Waals surface area contributed by atoms with Crippen molar-refractivity contribution >= 4 is 6.09 Å². The second-order valence-electron chi connectivity index (χ2n) is 11.4. The lowest BCUT2D eigenvalue weighted by Gasteiger charge is -2.40. The van der Waals surface area contributed by atoms with Crippen molar-refractivity contribution in [2.24, 2.45) is 0 Å². The Morgan fingerprint density at radius 2 is 1.86 bits per heavy atom. The fourth-order valence-electron chi connectivity index (χ4n) is 5.83. The fraction of sp³-hybridized carbons (Fsp3) is 0.667. The summed E-state index contributed by atoms with van der Waals surface area (Å²) in [6, 6.07) is 7.60. The van der Waals surface area contributed by atoms with Crippen molar-refractivity contribution < 1.29 is 13.9 Å². The molecule has 2 fully saturated rings. The second-order valence-corrected chi connectivity index (χ2v) is 11.4. The van der Waals surface area contributed by atoms with Crippen molar-refractivity contribution in [3.8, 4) is 0 Å². The first-order chi connectivity index (χ1) is 16.5. The van der Waals surface area contributed by atoms with E-state index >= 15 is 0 Å². The topological polar surface area (TPSA) is 72.3 Å². The largest absolute Gasteiger partial charge is 0.444 e. The van der Waals surface area contributed by atoms with E-state index in [2.05, 4.69) is 45.8 Å². The van der Waals surface area contributed by atoms with Gasteiger partial charge in [-0.15, -0.1) is 10.2 Å². The predicted octanol–water partition coefficient (Wildman–Crippen LogP) is 5.67. The molecule has 2 aliphatic rings. The molecule has 1 aromatic heterocycles. The number of nitrogens with zero attached hydrogens (tertiary/aromatic N) is 4. The van der Waals surface area contributed by atoms with E-state index in [4.69, 9.17) is 4.74 Å². The van der Waals surface area contributed by atoms with E-state index in [1.807, 2.05) is 26.8 Å². The van der Waals surface area contributed by atoms with E-state index in [1.165, 1.54) is 25.0 Å². The molecule has 1 N–H and O–H groups in total. The Labute approximate surface area is 208 Å². The zero-order valence-electron chi connectivity index (χ0n) is 21.9. The van der Waals surface area contributed by atoms with Crippen LogP contribution in [-0.2, 0) is 4.74 Å². The van der Waals surface area contributed by atoms with Gasteiger partial charge in [-0.05, 0) is 77.5 Å². The number of benzene rings is 1. The minimum Gasteiger partial charge on any atom is -0.444 e. The summed E-state index contributed by atoms with van der Waals surface area (Å²) in [5.41, 5.74) is 0.173. The minimum absolute atomic E-state index is 0.301. The lowest BCUT2D eigenvalue weighted by Crippen LogP contribution is -2.45. The van der Waals surface area contributed by atoms with Crippen LogP contribution in [0.1, 0.15) is 102 Å². The molecular weight excluding hydrogens is 445 g/mol. The van der Waals surface area contributed by atoms with Crippen LogP contribution in [0.4, 0.5) is 9.18 Å². The summed E-state index contributed by atoms with van der Waals surface area (Å²) in [5.74, 6) is 2.12. The van der Waals surface area contributed by atoms with Crippen molar-refractivity contribution in [3.63, 3.8) is 0 Å². The van der Waals surface area contributed by atoms with Crippen molar-refractivity contribution in [1.29, 1.82) is 0 Å². The highest BCUT2D eigenvalue weighted by molar-refractivity contribution is 5.68. The molecule has 1 amide bonds. The first kappa shape index (κ1) is 25.6. The van der Waals surface area contributed by atoms with E-state index in [-0.39, 0.29) is 11.9 Å². The quantitative estimate of drug-likeness (QED) is 0.547. The molecular formula is C27H40FN5O2. The van der Waals surface area contributed by atoms with Gasteiger partial charge in [0.15, 0.2) is 0 Å². The fourth-order valence-corrected chi connectivity index (χ4v) is 5.83. The van der Waals surface area contributed by atoms with Gasteiger partial charge in [0.05, 0.1) is 6.04 Å². The van der Waals surface area contributed by atoms with Gasteiger partial charge >= 0.3 is 6.09 Å². The van der Waals surface area contributed by atoms with E-state index in [0.29, 0.717) is 30.5 Å². The van der Waals surface area contributed by atoms with Crippen molar-refractivity contribution in [2.75, 3.05) is 6.54 Å². The van der Waals surface area contributed by atoms with E-state index < -0.39 is 11.7 Å². The van der Waals surface area contributed by atoms with Crippen molar-refractivity contribution in [2.45, 2.75) is 109 Å². The number of nitrogens with one attached hydrogen (secondary N) is 1. The number of hydrogen-bond acceptors (Lipinski definition) is 5. The highest BCUT2D eigenvalue weighted by Crippen LogP contribution is 2.42. The van der Waals surface area contributed by atoms with Crippen LogP contribution in [0.5, 0.6) is 0 Å². The zero-order valence-corrected chi connectivity index (χ0v) is 21.9. The Morgan fingerprint density at radius 3 is 2.46 bits per heavy atom. The van der Waals surface area contributed by atoms with Gasteiger partial charge < -0.3 is 14.6 Å². The molecule has 2 saturated heterocycles. The van der Waals surface area contributed by atoms with E-state index in [0.717, 1.165) is 36.6 Å². The average molecular weight is 486 g/mol. The summed E-state index contributed by atoms with van der Waals surface area (Å²) in [4.78, 5) is 15.2. The van der Waals surface area contributed by atoms with Crippen LogP contribution in [0.25, 0.3) is 0 Å². The molecule has 1 aromatic carbocycles. The standard InChI is InChI=1S/C27H40FN5O2/c1-17(2)25-31-30-18(3)33(25)23-15-21-10-11-22(16-23)32(21)13-12-24(19-8-7-9-20(28)14-19)29-26(34)35-27(4,5)6/h7-9,14,17,21-24H,10-13,15-16H2,1-6H3,(H,29,34). The average Bonchev–Trinajstić information content (AvgIpc) is 3.25. The molecule has 3 atom stereocenters. The van der Waals surface area contributed by atoms with Gasteiger partial charge in [-0.1, -0.05) is 26.0 Å². The van der Waals surface area contributed by atoms with Gasteiger partial charge in [-0.25, -0.2) is 9.18 Å². The lowest BCUT2D eigenvalue weighted by atomic mass is 9.95. The first-order valence-corrected chi connectivity index (χ1v) is 12.9. The number of fused-ring (bicyclic) bond motifs is 2. The van der Waals surface area contributed by atoms with Crippen LogP contribution in [-0.4, -0.2) is 50.0 Å². The van der Waals surface area contributed by atoms with Gasteiger partial charge in [0.1, 0.15) is 23.1 Å². The van der Waals surface area contributed by atoms with E-state index in [9.17, 15) is 9.18 Å². The highest BCUT2D eigenvalue weighted by Gasteiger charge is 2.42. The summed E-state index contributed by atoms with van der Waals surface area (Å²) in [5, 5.41) is 11.8. The number of alkyl carbamates (subject to hydrolysis) is 1. The molecule has 8 heteroatoms. The van der Waals surface area contributed by atoms with E-state index in [1.54, 1.807) is 6.07 Å². The number of halogens is 1. The number of piperidine rings is 1. The number of hydrogen-bond donors (Lipinski definition) is 1. The first-order valence-electron chi connectivity index (χ1n) is 12.9. The summed E-state index contributed by atoms with van der Waals surface area (Å²) < 4.78 is 21.9. The second kappa shape index (κ2) is 10.2. The third-order valence-electron chi connectivity index (χ3n) is 7.25. The molecule has 2 aromatic rings. The maximum absolute atomic E-state index is 14.0. The van der Waals surface area contributed by atoms with Crippen molar-refractivity contribution in [1.82, 2.24) is 25.0 Å². The summed E-state index contributed by atoms with van der Waals surface area (Å²) in [6.07, 6.45) is 4.76. The molecule has 0 radical (unpaired) electrons. The Kier molecular flexibility index (Phi) is 7.50. The van der Waals surface area contributed by atoms with Crippen LogP contribution in [0.2, 0.25) is 0 Å². The molecule has 0 saturated carbocycles. The van der Waals surface area contributed by atoms with Gasteiger partial charge in [-0.3, -0.25) is 4.90 Å². The summed E-state index contributed by atoms with van der Waals surface area (Å²) in [7, 11) is 0. The number of carbonyl (C=O) groups is 1. The highest BCUT2D eigenvalue weighted by atomic mass is 19.1. The van der Waals surface area contributed by atoms with Gasteiger partial charge in [-0.2, -0.15) is 0 Å². The van der Waals surface area contributed by atoms with Crippen LogP contribution in [0, 0.1) is 12.7 Å². The minimum atomic E-state index is -0.591.